The molecule has 1 atom stereocenters. The summed E-state index contributed by atoms with van der Waals surface area (Å²) in [4.78, 5) is 33.7. The predicted octanol–water partition coefficient (Wildman–Crippen LogP) is 2.25. The smallest absolute Gasteiger partial charge is 0.292 e. The van der Waals surface area contributed by atoms with Crippen molar-refractivity contribution in [1.82, 2.24) is 0 Å². The van der Waals surface area contributed by atoms with E-state index in [0.29, 0.717) is 11.1 Å². The van der Waals surface area contributed by atoms with Crippen molar-refractivity contribution in [1.29, 1.82) is 0 Å². The zero-order valence-corrected chi connectivity index (χ0v) is 9.91. The number of carbonyl (C=O) groups is 2. The lowest BCUT2D eigenvalue weighted by Gasteiger charge is -2.35. The summed E-state index contributed by atoms with van der Waals surface area (Å²) in [6, 6.07) is 17.2. The second kappa shape index (κ2) is 4.33. The zero-order valence-electron chi connectivity index (χ0n) is 9.91. The Hall–Kier alpha value is -2.46. The number of rotatable bonds is 3. The number of benzene rings is 2. The topological polar surface area (TPSA) is 52.6 Å². The quantitative estimate of drug-likeness (QED) is 0.479. The van der Waals surface area contributed by atoms with Crippen molar-refractivity contribution in [2.75, 3.05) is 0 Å². The van der Waals surface area contributed by atoms with E-state index in [1.165, 1.54) is 0 Å². The average Bonchev–Trinajstić information content (AvgIpc) is 2.48. The molecular formula is C15H10O4. The molecule has 4 nitrogen and oxygen atoms in total. The molecule has 4 heteroatoms. The zero-order chi connectivity index (χ0) is 13.3. The normalized spacial score (nSPS) is 21.4. The summed E-state index contributed by atoms with van der Waals surface area (Å²) >= 11 is 0. The van der Waals surface area contributed by atoms with Gasteiger partial charge in [-0.3, -0.25) is 9.68 Å². The molecule has 1 aliphatic rings. The molecular weight excluding hydrogens is 244 g/mol. The van der Waals surface area contributed by atoms with Gasteiger partial charge in [-0.25, -0.2) is 4.79 Å². The Morgan fingerprint density at radius 2 is 1.47 bits per heavy atom. The van der Waals surface area contributed by atoms with Crippen molar-refractivity contribution in [2.45, 2.75) is 5.60 Å². The Morgan fingerprint density at radius 3 is 1.95 bits per heavy atom. The largest absolute Gasteiger partial charge is 0.391 e. The molecule has 1 heterocycles. The Kier molecular flexibility index (Phi) is 2.65. The van der Waals surface area contributed by atoms with Gasteiger partial charge in [0.05, 0.1) is 0 Å². The first kappa shape index (κ1) is 11.6. The van der Waals surface area contributed by atoms with Crippen LogP contribution in [0.15, 0.2) is 60.7 Å². The third-order valence-corrected chi connectivity index (χ3v) is 3.07. The van der Waals surface area contributed by atoms with Gasteiger partial charge in [-0.2, -0.15) is 4.89 Å². The summed E-state index contributed by atoms with van der Waals surface area (Å²) in [5.74, 6) is -1.11. The Bertz CT molecular complexity index is 621. The van der Waals surface area contributed by atoms with Crippen LogP contribution in [0, 0.1) is 0 Å². The lowest BCUT2D eigenvalue weighted by atomic mass is 9.85. The van der Waals surface area contributed by atoms with E-state index < -0.39 is 17.4 Å². The number of Topliss-reactive ketones (excluding diaryl/α,β-unsaturated/α-hetero) is 1. The van der Waals surface area contributed by atoms with Gasteiger partial charge in [0.1, 0.15) is 0 Å². The van der Waals surface area contributed by atoms with E-state index in [4.69, 9.17) is 4.89 Å². The van der Waals surface area contributed by atoms with Gasteiger partial charge in [0.25, 0.3) is 0 Å². The highest BCUT2D eigenvalue weighted by atomic mass is 17.3. The molecule has 0 spiro atoms. The molecule has 0 bridgehead atoms. The molecule has 19 heavy (non-hydrogen) atoms. The van der Waals surface area contributed by atoms with Crippen LogP contribution in [0.2, 0.25) is 0 Å². The summed E-state index contributed by atoms with van der Waals surface area (Å²) in [6.45, 7) is 0. The van der Waals surface area contributed by atoms with Crippen molar-refractivity contribution in [2.24, 2.45) is 0 Å². The Labute approximate surface area is 109 Å². The lowest BCUT2D eigenvalue weighted by Crippen LogP contribution is -2.55. The molecule has 0 aliphatic carbocycles. The molecule has 1 unspecified atom stereocenters. The molecule has 0 amide bonds. The summed E-state index contributed by atoms with van der Waals surface area (Å²) in [6.07, 6.45) is 0. The summed E-state index contributed by atoms with van der Waals surface area (Å²) < 4.78 is 0. The van der Waals surface area contributed by atoms with E-state index in [1.807, 2.05) is 0 Å². The molecule has 1 aliphatic heterocycles. The van der Waals surface area contributed by atoms with E-state index in [2.05, 4.69) is 4.89 Å². The fourth-order valence-corrected chi connectivity index (χ4v) is 2.05. The maximum absolute atomic E-state index is 12.5. The van der Waals surface area contributed by atoms with Gasteiger partial charge in [0.15, 0.2) is 0 Å². The van der Waals surface area contributed by atoms with Crippen LogP contribution in [-0.4, -0.2) is 11.8 Å². The number of hydrogen-bond acceptors (Lipinski definition) is 4. The van der Waals surface area contributed by atoms with Gasteiger partial charge in [0.2, 0.25) is 5.78 Å². The van der Waals surface area contributed by atoms with Gasteiger partial charge in [-0.1, -0.05) is 60.7 Å². The minimum absolute atomic E-state index is 0.406. The molecule has 94 valence electrons. The summed E-state index contributed by atoms with van der Waals surface area (Å²) in [5.41, 5.74) is -0.786. The third-order valence-electron chi connectivity index (χ3n) is 3.07. The number of carbonyl (C=O) groups excluding carboxylic acids is 2. The van der Waals surface area contributed by atoms with Gasteiger partial charge in [-0.15, -0.1) is 0 Å². The first-order valence-corrected chi connectivity index (χ1v) is 5.80. The summed E-state index contributed by atoms with van der Waals surface area (Å²) in [5, 5.41) is 0. The fraction of sp³-hybridized carbons (Fsp3) is 0.0667. The van der Waals surface area contributed by atoms with Crippen LogP contribution < -0.4 is 0 Å². The minimum Gasteiger partial charge on any atom is -0.292 e. The molecule has 1 fully saturated rings. The van der Waals surface area contributed by atoms with Gasteiger partial charge < -0.3 is 0 Å². The van der Waals surface area contributed by atoms with Crippen molar-refractivity contribution in [3.05, 3.63) is 71.8 Å². The molecule has 0 aromatic heterocycles. The molecule has 2 aromatic rings. The summed E-state index contributed by atoms with van der Waals surface area (Å²) in [7, 11) is 0. The Balaban J connectivity index is 2.08. The van der Waals surface area contributed by atoms with Crippen molar-refractivity contribution in [3.8, 4) is 0 Å². The van der Waals surface area contributed by atoms with E-state index in [0.717, 1.165) is 0 Å². The van der Waals surface area contributed by atoms with Crippen LogP contribution in [0.25, 0.3) is 0 Å². The monoisotopic (exact) mass is 254 g/mol. The highest BCUT2D eigenvalue weighted by Gasteiger charge is 2.60. The van der Waals surface area contributed by atoms with E-state index in [1.54, 1.807) is 60.7 Å². The van der Waals surface area contributed by atoms with Gasteiger partial charge in [-0.05, 0) is 0 Å². The van der Waals surface area contributed by atoms with Crippen LogP contribution in [0.3, 0.4) is 0 Å². The highest BCUT2D eigenvalue weighted by molar-refractivity contribution is 6.17. The first-order valence-electron chi connectivity index (χ1n) is 5.80. The van der Waals surface area contributed by atoms with Crippen molar-refractivity contribution < 1.29 is 19.4 Å². The first-order chi connectivity index (χ1) is 9.25. The van der Waals surface area contributed by atoms with E-state index in [9.17, 15) is 9.59 Å². The second-order valence-electron chi connectivity index (χ2n) is 4.20. The van der Waals surface area contributed by atoms with Crippen molar-refractivity contribution in [3.63, 3.8) is 0 Å². The van der Waals surface area contributed by atoms with Gasteiger partial charge in [0, 0.05) is 11.1 Å². The standard InChI is InChI=1S/C15H10O4/c16-13(11-7-3-1-4-8-11)15(14(17)18-19-15)12-9-5-2-6-10-12/h1-10H. The molecule has 1 saturated heterocycles. The van der Waals surface area contributed by atoms with Crippen LogP contribution in [-0.2, 0) is 20.2 Å². The van der Waals surface area contributed by atoms with Crippen LogP contribution in [0.1, 0.15) is 15.9 Å². The van der Waals surface area contributed by atoms with Gasteiger partial charge >= 0.3 is 11.6 Å². The molecule has 0 N–H and O–H groups in total. The Morgan fingerprint density at radius 1 is 0.895 bits per heavy atom. The molecule has 3 rings (SSSR count). The van der Waals surface area contributed by atoms with Crippen molar-refractivity contribution >= 4 is 11.8 Å². The van der Waals surface area contributed by atoms with Crippen LogP contribution in [0.5, 0.6) is 0 Å². The van der Waals surface area contributed by atoms with Crippen LogP contribution in [0.4, 0.5) is 0 Å². The van der Waals surface area contributed by atoms with E-state index >= 15 is 0 Å². The second-order valence-corrected chi connectivity index (χ2v) is 4.20. The fourth-order valence-electron chi connectivity index (χ4n) is 2.05. The van der Waals surface area contributed by atoms with Crippen LogP contribution >= 0.6 is 0 Å². The predicted molar refractivity (Wildman–Crippen MR) is 66.1 cm³/mol. The van der Waals surface area contributed by atoms with E-state index in [-0.39, 0.29) is 0 Å². The highest BCUT2D eigenvalue weighted by Crippen LogP contribution is 2.38. The maximum atomic E-state index is 12.5. The number of ketones is 1. The minimum atomic E-state index is -1.66. The third kappa shape index (κ3) is 1.65. The molecule has 2 aromatic carbocycles. The SMILES string of the molecule is O=C1OOC1(C(=O)c1ccccc1)c1ccccc1. The molecule has 0 saturated carbocycles. The average molecular weight is 254 g/mol. The lowest BCUT2D eigenvalue weighted by molar-refractivity contribution is -0.389. The number of hydrogen-bond donors (Lipinski definition) is 0. The maximum Gasteiger partial charge on any atom is 0.391 e. The molecule has 0 radical (unpaired) electrons.